The first-order chi connectivity index (χ1) is 10.4. The van der Waals surface area contributed by atoms with Gasteiger partial charge in [0.2, 0.25) is 0 Å². The van der Waals surface area contributed by atoms with Crippen molar-refractivity contribution < 1.29 is 5.11 Å². The highest BCUT2D eigenvalue weighted by molar-refractivity contribution is 5.84. The highest BCUT2D eigenvalue weighted by Crippen LogP contribution is 2.66. The molecule has 8 unspecified atom stereocenters. The van der Waals surface area contributed by atoms with Crippen LogP contribution in [0.5, 0.6) is 0 Å². The zero-order chi connectivity index (χ0) is 15.7. The van der Waals surface area contributed by atoms with Crippen molar-refractivity contribution in [1.82, 2.24) is 0 Å². The zero-order valence-electron chi connectivity index (χ0n) is 14.6. The van der Waals surface area contributed by atoms with E-state index in [1.54, 1.807) is 0 Å². The van der Waals surface area contributed by atoms with E-state index in [2.05, 4.69) is 20.8 Å². The van der Waals surface area contributed by atoms with Crippen LogP contribution in [0.25, 0.3) is 0 Å². The van der Waals surface area contributed by atoms with Crippen molar-refractivity contribution in [3.8, 4) is 0 Å². The molecule has 0 heterocycles. The predicted molar refractivity (Wildman–Crippen MR) is 90.0 cm³/mol. The Morgan fingerprint density at radius 3 is 2.36 bits per heavy atom. The van der Waals surface area contributed by atoms with Gasteiger partial charge >= 0.3 is 0 Å². The van der Waals surface area contributed by atoms with Crippen LogP contribution in [0.2, 0.25) is 0 Å². The summed E-state index contributed by atoms with van der Waals surface area (Å²) >= 11 is 0. The Hall–Kier alpha value is -0.370. The van der Waals surface area contributed by atoms with E-state index in [9.17, 15) is 5.11 Å². The van der Waals surface area contributed by atoms with Gasteiger partial charge in [0.05, 0.1) is 6.10 Å². The molecule has 0 spiro atoms. The summed E-state index contributed by atoms with van der Waals surface area (Å²) in [4.78, 5) is 0. The van der Waals surface area contributed by atoms with E-state index in [0.29, 0.717) is 11.3 Å². The first kappa shape index (κ1) is 15.2. The molecule has 2 heteroatoms. The normalized spacial score (nSPS) is 57.9. The van der Waals surface area contributed by atoms with Gasteiger partial charge in [-0.15, -0.1) is 0 Å². The van der Waals surface area contributed by atoms with Gasteiger partial charge in [0.1, 0.15) is 0 Å². The molecule has 0 saturated heterocycles. The van der Waals surface area contributed by atoms with E-state index >= 15 is 0 Å². The number of rotatable bonds is 0. The average Bonchev–Trinajstić information content (AvgIpc) is 2.79. The summed E-state index contributed by atoms with van der Waals surface area (Å²) in [7, 11) is 0. The lowest BCUT2D eigenvalue weighted by molar-refractivity contribution is -0.119. The topological polar surface area (TPSA) is 44.1 Å². The summed E-state index contributed by atoms with van der Waals surface area (Å²) in [6, 6.07) is 0. The molecule has 4 aliphatic carbocycles. The lowest BCUT2D eigenvalue weighted by Crippen LogP contribution is -2.55. The van der Waals surface area contributed by atoms with E-state index in [1.807, 2.05) is 0 Å². The molecule has 4 aliphatic rings. The molecule has 8 atom stereocenters. The van der Waals surface area contributed by atoms with Gasteiger partial charge < -0.3 is 10.5 Å². The van der Waals surface area contributed by atoms with E-state index in [-0.39, 0.29) is 11.5 Å². The van der Waals surface area contributed by atoms with Crippen LogP contribution >= 0.6 is 0 Å². The Kier molecular flexibility index (Phi) is 3.32. The minimum Gasteiger partial charge on any atom is -0.393 e. The monoisotopic (exact) mass is 303 g/mol. The van der Waals surface area contributed by atoms with Crippen LogP contribution in [0.1, 0.15) is 72.1 Å². The fourth-order valence-electron chi connectivity index (χ4n) is 7.52. The molecular weight excluding hydrogens is 270 g/mol. The third-order valence-corrected chi connectivity index (χ3v) is 8.98. The van der Waals surface area contributed by atoms with Gasteiger partial charge in [-0.3, -0.25) is 0 Å². The van der Waals surface area contributed by atoms with Gasteiger partial charge in [0.15, 0.2) is 0 Å². The number of aliphatic hydroxyl groups excluding tert-OH is 1. The van der Waals surface area contributed by atoms with Crippen molar-refractivity contribution in [1.29, 1.82) is 5.41 Å². The maximum absolute atomic E-state index is 10.5. The van der Waals surface area contributed by atoms with Crippen molar-refractivity contribution in [2.45, 2.75) is 78.2 Å². The van der Waals surface area contributed by atoms with Crippen molar-refractivity contribution >= 4 is 5.71 Å². The Balaban J connectivity index is 1.65. The molecule has 124 valence electrons. The van der Waals surface area contributed by atoms with E-state index in [1.165, 1.54) is 38.5 Å². The second-order valence-electron chi connectivity index (χ2n) is 9.52. The molecule has 2 nitrogen and oxygen atoms in total. The van der Waals surface area contributed by atoms with Gasteiger partial charge in [0.25, 0.3) is 0 Å². The number of fused-ring (bicyclic) bond motifs is 5. The Labute approximate surface area is 135 Å². The maximum Gasteiger partial charge on any atom is 0.0596 e. The molecule has 0 amide bonds. The van der Waals surface area contributed by atoms with Crippen molar-refractivity contribution in [2.75, 3.05) is 0 Å². The van der Waals surface area contributed by atoms with Crippen LogP contribution in [-0.4, -0.2) is 16.9 Å². The van der Waals surface area contributed by atoms with Crippen LogP contribution in [0.4, 0.5) is 0 Å². The third-order valence-electron chi connectivity index (χ3n) is 8.98. The third kappa shape index (κ3) is 1.79. The standard InChI is InChI=1S/C20H33NO/c1-12-14-5-4-13-15-6-7-18(22)20(15,3)10-8-16(13)19(14,2)11-9-17(12)21/h12-16,18,21-22H,4-11H2,1-3H3. The summed E-state index contributed by atoms with van der Waals surface area (Å²) in [5.74, 6) is 3.70. The quantitative estimate of drug-likeness (QED) is 0.672. The predicted octanol–water partition coefficient (Wildman–Crippen LogP) is 4.66. The largest absolute Gasteiger partial charge is 0.393 e. The van der Waals surface area contributed by atoms with Gasteiger partial charge in [-0.25, -0.2) is 0 Å². The van der Waals surface area contributed by atoms with Crippen molar-refractivity contribution in [3.63, 3.8) is 0 Å². The van der Waals surface area contributed by atoms with E-state index in [4.69, 9.17) is 5.41 Å². The van der Waals surface area contributed by atoms with Gasteiger partial charge in [-0.05, 0) is 91.8 Å². The Bertz CT molecular complexity index is 488. The van der Waals surface area contributed by atoms with Crippen LogP contribution in [0.15, 0.2) is 0 Å². The lowest BCUT2D eigenvalue weighted by atomic mass is 9.44. The smallest absolute Gasteiger partial charge is 0.0596 e. The number of hydrogen-bond acceptors (Lipinski definition) is 2. The Morgan fingerprint density at radius 2 is 1.59 bits per heavy atom. The maximum atomic E-state index is 10.5. The summed E-state index contributed by atoms with van der Waals surface area (Å²) in [6.45, 7) is 7.25. The van der Waals surface area contributed by atoms with Crippen molar-refractivity contribution in [2.24, 2.45) is 40.4 Å². The summed E-state index contributed by atoms with van der Waals surface area (Å²) in [6.07, 6.45) is 9.74. The molecule has 2 N–H and O–H groups in total. The average molecular weight is 303 g/mol. The molecule has 22 heavy (non-hydrogen) atoms. The molecular formula is C20H33NO. The van der Waals surface area contributed by atoms with Gasteiger partial charge in [-0.2, -0.15) is 0 Å². The minimum atomic E-state index is -0.0533. The molecule has 0 aromatic carbocycles. The first-order valence-corrected chi connectivity index (χ1v) is 9.63. The molecule has 0 aromatic heterocycles. The van der Waals surface area contributed by atoms with E-state index < -0.39 is 0 Å². The fraction of sp³-hybridized carbons (Fsp3) is 0.950. The van der Waals surface area contributed by atoms with Gasteiger partial charge in [0, 0.05) is 5.71 Å². The molecule has 4 fully saturated rings. The summed E-state index contributed by atoms with van der Waals surface area (Å²) in [5.41, 5.74) is 1.68. The Morgan fingerprint density at radius 1 is 0.909 bits per heavy atom. The minimum absolute atomic E-state index is 0.0533. The fourth-order valence-corrected chi connectivity index (χ4v) is 7.52. The summed E-state index contributed by atoms with van der Waals surface area (Å²) in [5, 5.41) is 18.8. The van der Waals surface area contributed by atoms with Gasteiger partial charge in [-0.1, -0.05) is 20.8 Å². The molecule has 0 bridgehead atoms. The zero-order valence-corrected chi connectivity index (χ0v) is 14.6. The second kappa shape index (κ2) is 4.82. The van der Waals surface area contributed by atoms with E-state index in [0.717, 1.165) is 42.2 Å². The molecule has 4 rings (SSSR count). The SMILES string of the molecule is CC1C(=N)CCC2(C)C1CCC1C3CCC(O)C3(C)CCC12. The van der Waals surface area contributed by atoms with Crippen LogP contribution in [-0.2, 0) is 0 Å². The molecule has 0 radical (unpaired) electrons. The molecule has 0 aromatic rings. The number of aliphatic hydroxyl groups is 1. The van der Waals surface area contributed by atoms with Crippen LogP contribution in [0.3, 0.4) is 0 Å². The number of hydrogen-bond donors (Lipinski definition) is 2. The summed E-state index contributed by atoms with van der Waals surface area (Å²) < 4.78 is 0. The number of nitrogens with one attached hydrogen (secondary N) is 1. The lowest BCUT2D eigenvalue weighted by Gasteiger charge is -2.61. The second-order valence-corrected chi connectivity index (χ2v) is 9.52. The molecule has 0 aliphatic heterocycles. The highest BCUT2D eigenvalue weighted by Gasteiger charge is 2.60. The first-order valence-electron chi connectivity index (χ1n) is 9.63. The highest BCUT2D eigenvalue weighted by atomic mass is 16.3. The van der Waals surface area contributed by atoms with Crippen LogP contribution < -0.4 is 0 Å². The van der Waals surface area contributed by atoms with Crippen LogP contribution in [0, 0.1) is 45.8 Å². The van der Waals surface area contributed by atoms with Crippen molar-refractivity contribution in [3.05, 3.63) is 0 Å². The molecule has 4 saturated carbocycles.